The lowest BCUT2D eigenvalue weighted by molar-refractivity contribution is 0.0961. The number of nitrogens with one attached hydrogen (secondary N) is 3. The van der Waals surface area contributed by atoms with Gasteiger partial charge in [0, 0.05) is 56.4 Å². The quantitative estimate of drug-likeness (QED) is 0.365. The highest BCUT2D eigenvalue weighted by Crippen LogP contribution is 2.17. The summed E-state index contributed by atoms with van der Waals surface area (Å²) >= 11 is 0. The number of likely N-dealkylation sites (N-methyl/N-ethyl adjacent to an activating group) is 2. The lowest BCUT2D eigenvalue weighted by Gasteiger charge is -2.34. The van der Waals surface area contributed by atoms with Crippen LogP contribution in [0.2, 0.25) is 0 Å². The van der Waals surface area contributed by atoms with Crippen LogP contribution >= 0.6 is 0 Å². The molecule has 0 radical (unpaired) electrons. The normalized spacial score (nSPS) is 15.9. The summed E-state index contributed by atoms with van der Waals surface area (Å²) in [7, 11) is 3.74. The van der Waals surface area contributed by atoms with E-state index in [2.05, 4.69) is 27.1 Å². The molecule has 0 unspecified atom stereocenters. The van der Waals surface area contributed by atoms with Crippen LogP contribution in [0.25, 0.3) is 0 Å². The Kier molecular flexibility index (Phi) is 8.49. The molecular formula is C22H31N7O. The fraction of sp³-hybridized carbons (Fsp3) is 0.364. The molecule has 1 aromatic rings. The van der Waals surface area contributed by atoms with E-state index in [9.17, 15) is 4.79 Å². The minimum atomic E-state index is -0.294. The first-order valence-electron chi connectivity index (χ1n) is 9.90. The maximum Gasteiger partial charge on any atom is 0.274 e. The van der Waals surface area contributed by atoms with Gasteiger partial charge in [0.25, 0.3) is 5.91 Å². The molecule has 1 fully saturated rings. The van der Waals surface area contributed by atoms with E-state index in [4.69, 9.17) is 10.8 Å². The molecule has 0 aliphatic carbocycles. The van der Waals surface area contributed by atoms with Crippen molar-refractivity contribution in [2.24, 2.45) is 0 Å². The number of carbonyl (C=O) groups excluding carboxylic acids is 1. The second kappa shape index (κ2) is 11.1. The molecule has 0 aromatic carbocycles. The number of amidine groups is 1. The number of rotatable bonds is 7. The van der Waals surface area contributed by atoms with Crippen molar-refractivity contribution in [3.63, 3.8) is 0 Å². The average Bonchev–Trinajstić information content (AvgIpc) is 2.76. The number of anilines is 1. The van der Waals surface area contributed by atoms with Crippen LogP contribution in [0.15, 0.2) is 53.9 Å². The van der Waals surface area contributed by atoms with Crippen molar-refractivity contribution in [2.75, 3.05) is 45.2 Å². The van der Waals surface area contributed by atoms with Gasteiger partial charge in [-0.2, -0.15) is 0 Å². The van der Waals surface area contributed by atoms with Gasteiger partial charge in [0.1, 0.15) is 11.5 Å². The van der Waals surface area contributed by atoms with E-state index < -0.39 is 0 Å². The maximum absolute atomic E-state index is 12.7. The highest BCUT2D eigenvalue weighted by molar-refractivity contribution is 6.04. The van der Waals surface area contributed by atoms with Crippen molar-refractivity contribution in [3.05, 3.63) is 59.6 Å². The van der Waals surface area contributed by atoms with Gasteiger partial charge in [-0.3, -0.25) is 20.6 Å². The molecule has 8 nitrogen and oxygen atoms in total. The Balaban J connectivity index is 2.14. The molecule has 1 aliphatic heterocycles. The molecule has 3 N–H and O–H groups in total. The van der Waals surface area contributed by atoms with Crippen LogP contribution in [0.5, 0.6) is 0 Å². The number of hydrogen-bond acceptors (Lipinski definition) is 6. The zero-order chi connectivity index (χ0) is 22.1. The molecule has 2 heterocycles. The van der Waals surface area contributed by atoms with E-state index in [0.717, 1.165) is 38.2 Å². The second-order valence-electron chi connectivity index (χ2n) is 7.21. The smallest absolute Gasteiger partial charge is 0.274 e. The first-order valence-corrected chi connectivity index (χ1v) is 9.90. The SMILES string of the molecule is C\C=C/C=C(\C=C(/C)NC(=O)c1cc(N2CCN(C)CC2)ccn1)C(=N)N(C)C=N. The van der Waals surface area contributed by atoms with Gasteiger partial charge in [-0.1, -0.05) is 18.2 Å². The van der Waals surface area contributed by atoms with E-state index in [1.54, 1.807) is 32.3 Å². The van der Waals surface area contributed by atoms with E-state index >= 15 is 0 Å². The Morgan fingerprint density at radius 3 is 2.63 bits per heavy atom. The fourth-order valence-corrected chi connectivity index (χ4v) is 2.98. The van der Waals surface area contributed by atoms with E-state index in [1.807, 2.05) is 31.2 Å². The van der Waals surface area contributed by atoms with Gasteiger partial charge in [0.15, 0.2) is 0 Å². The van der Waals surface area contributed by atoms with Crippen molar-refractivity contribution in [3.8, 4) is 0 Å². The van der Waals surface area contributed by atoms with Gasteiger partial charge >= 0.3 is 0 Å². The standard InChI is InChI=1S/C22H31N7O/c1-5-6-7-18(21(24)28(4)16-23)14-17(2)26-22(30)20-15-19(8-9-25-20)29-12-10-27(3)11-13-29/h5-9,14-16,23-24H,10-13H2,1-4H3,(H,26,30)/b6-5-,17-14+,18-7+,23-16?,24-21?. The summed E-state index contributed by atoms with van der Waals surface area (Å²) in [6, 6.07) is 3.74. The molecule has 0 saturated carbocycles. The molecule has 0 bridgehead atoms. The van der Waals surface area contributed by atoms with Gasteiger partial charge < -0.3 is 20.0 Å². The van der Waals surface area contributed by atoms with E-state index in [1.165, 1.54) is 4.90 Å². The summed E-state index contributed by atoms with van der Waals surface area (Å²) in [6.45, 7) is 7.47. The van der Waals surface area contributed by atoms with Crippen molar-refractivity contribution >= 4 is 23.8 Å². The Morgan fingerprint density at radius 2 is 2.00 bits per heavy atom. The topological polar surface area (TPSA) is 99.4 Å². The monoisotopic (exact) mass is 409 g/mol. The number of nitrogens with zero attached hydrogens (tertiary/aromatic N) is 4. The molecular weight excluding hydrogens is 378 g/mol. The third-order valence-electron chi connectivity index (χ3n) is 4.82. The van der Waals surface area contributed by atoms with Crippen LogP contribution in [0.3, 0.4) is 0 Å². The molecule has 8 heteroatoms. The van der Waals surface area contributed by atoms with Crippen LogP contribution in [0, 0.1) is 10.8 Å². The summed E-state index contributed by atoms with van der Waals surface area (Å²) in [6.07, 6.45) is 9.88. The van der Waals surface area contributed by atoms with E-state index in [0.29, 0.717) is 17.0 Å². The second-order valence-corrected chi connectivity index (χ2v) is 7.21. The van der Waals surface area contributed by atoms with Crippen LogP contribution in [0.1, 0.15) is 24.3 Å². The molecule has 2 rings (SSSR count). The highest BCUT2D eigenvalue weighted by atomic mass is 16.1. The Hall–Kier alpha value is -3.26. The fourth-order valence-electron chi connectivity index (χ4n) is 2.98. The summed E-state index contributed by atoms with van der Waals surface area (Å²) in [5.41, 5.74) is 2.51. The largest absolute Gasteiger partial charge is 0.369 e. The number of pyridine rings is 1. The van der Waals surface area contributed by atoms with Gasteiger partial charge in [-0.25, -0.2) is 0 Å². The summed E-state index contributed by atoms with van der Waals surface area (Å²) in [5.74, 6) is -0.135. The molecule has 160 valence electrons. The number of hydrogen-bond donors (Lipinski definition) is 3. The third-order valence-corrected chi connectivity index (χ3v) is 4.82. The van der Waals surface area contributed by atoms with Crippen molar-refractivity contribution in [2.45, 2.75) is 13.8 Å². The van der Waals surface area contributed by atoms with E-state index in [-0.39, 0.29) is 11.7 Å². The Labute approximate surface area is 178 Å². The molecule has 30 heavy (non-hydrogen) atoms. The van der Waals surface area contributed by atoms with Gasteiger partial charge in [0.05, 0.1) is 6.34 Å². The van der Waals surface area contributed by atoms with Gasteiger partial charge in [0.2, 0.25) is 0 Å². The first kappa shape index (κ1) is 23.0. The summed E-state index contributed by atoms with van der Waals surface area (Å²) in [5, 5.41) is 18.4. The maximum atomic E-state index is 12.7. The van der Waals surface area contributed by atoms with Crippen LogP contribution in [0.4, 0.5) is 5.69 Å². The number of amides is 1. The minimum absolute atomic E-state index is 0.159. The Morgan fingerprint density at radius 1 is 1.30 bits per heavy atom. The van der Waals surface area contributed by atoms with Crippen LogP contribution in [-0.4, -0.2) is 73.1 Å². The summed E-state index contributed by atoms with van der Waals surface area (Å²) in [4.78, 5) is 22.9. The predicted molar refractivity (Wildman–Crippen MR) is 122 cm³/mol. The van der Waals surface area contributed by atoms with Gasteiger partial charge in [-0.15, -0.1) is 0 Å². The molecule has 1 amide bonds. The molecule has 0 atom stereocenters. The molecule has 0 spiro atoms. The van der Waals surface area contributed by atoms with Crippen LogP contribution in [-0.2, 0) is 0 Å². The average molecular weight is 410 g/mol. The number of aromatic nitrogens is 1. The van der Waals surface area contributed by atoms with Crippen molar-refractivity contribution < 1.29 is 4.79 Å². The van der Waals surface area contributed by atoms with Gasteiger partial charge in [-0.05, 0) is 39.1 Å². The zero-order valence-corrected chi connectivity index (χ0v) is 18.1. The lowest BCUT2D eigenvalue weighted by Crippen LogP contribution is -2.44. The molecule has 1 saturated heterocycles. The van der Waals surface area contributed by atoms with Crippen molar-refractivity contribution in [1.82, 2.24) is 20.1 Å². The number of piperazine rings is 1. The summed E-state index contributed by atoms with van der Waals surface area (Å²) < 4.78 is 0. The number of allylic oxidation sites excluding steroid dienone is 4. The third kappa shape index (κ3) is 6.38. The first-order chi connectivity index (χ1) is 14.3. The predicted octanol–water partition coefficient (Wildman–Crippen LogP) is 2.49. The van der Waals surface area contributed by atoms with Crippen LogP contribution < -0.4 is 10.2 Å². The van der Waals surface area contributed by atoms with Crippen molar-refractivity contribution in [1.29, 1.82) is 10.8 Å². The lowest BCUT2D eigenvalue weighted by atomic mass is 10.1. The highest BCUT2D eigenvalue weighted by Gasteiger charge is 2.16. The Bertz CT molecular complexity index is 864. The minimum Gasteiger partial charge on any atom is -0.369 e. The molecule has 1 aliphatic rings. The molecule has 1 aromatic heterocycles. The zero-order valence-electron chi connectivity index (χ0n) is 18.1. The number of carbonyl (C=O) groups is 1.